The maximum atomic E-state index is 12.7. The van der Waals surface area contributed by atoms with Crippen molar-refractivity contribution < 1.29 is 4.74 Å². The molecular weight excluding hydrogens is 332 g/mol. The van der Waals surface area contributed by atoms with Gasteiger partial charge in [-0.05, 0) is 36.2 Å². The van der Waals surface area contributed by atoms with Gasteiger partial charge >= 0.3 is 0 Å². The lowest BCUT2D eigenvalue weighted by molar-refractivity contribution is 0.414. The zero-order chi connectivity index (χ0) is 17.6. The molecule has 1 aromatic heterocycles. The molecule has 3 rings (SSSR count). The number of hydrogen-bond acceptors (Lipinski definition) is 4. The van der Waals surface area contributed by atoms with Crippen LogP contribution in [0.1, 0.15) is 5.56 Å². The lowest BCUT2D eigenvalue weighted by Crippen LogP contribution is -2.22. The molecule has 0 fully saturated rings. The van der Waals surface area contributed by atoms with Crippen molar-refractivity contribution in [2.75, 3.05) is 12.9 Å². The molecule has 0 radical (unpaired) electrons. The summed E-state index contributed by atoms with van der Waals surface area (Å²) in [5.41, 5.74) is 1.95. The third-order valence-corrected chi connectivity index (χ3v) is 4.90. The zero-order valence-corrected chi connectivity index (χ0v) is 15.0. The van der Waals surface area contributed by atoms with E-state index >= 15 is 0 Å². The average molecular weight is 352 g/mol. The van der Waals surface area contributed by atoms with Gasteiger partial charge in [-0.2, -0.15) is 0 Å². The molecule has 25 heavy (non-hydrogen) atoms. The van der Waals surface area contributed by atoms with Gasteiger partial charge in [0.15, 0.2) is 5.16 Å². The highest BCUT2D eigenvalue weighted by atomic mass is 32.2. The Labute approximate surface area is 151 Å². The minimum atomic E-state index is -0.0163. The fourth-order valence-corrected chi connectivity index (χ4v) is 3.60. The Kier molecular flexibility index (Phi) is 5.56. The summed E-state index contributed by atoms with van der Waals surface area (Å²) in [7, 11) is 1.66. The minimum absolute atomic E-state index is 0.0163. The van der Waals surface area contributed by atoms with Gasteiger partial charge in [-0.25, -0.2) is 4.98 Å². The number of ether oxygens (including phenoxy) is 1. The fraction of sp³-hybridized carbons (Fsp3) is 0.200. The molecule has 0 saturated heterocycles. The molecule has 0 aliphatic rings. The molecule has 5 heteroatoms. The van der Waals surface area contributed by atoms with Gasteiger partial charge in [-0.1, -0.05) is 42.1 Å². The van der Waals surface area contributed by atoms with Crippen molar-refractivity contribution in [1.29, 1.82) is 0 Å². The topological polar surface area (TPSA) is 44.1 Å². The molecule has 0 saturated carbocycles. The molecule has 2 aromatic carbocycles. The van der Waals surface area contributed by atoms with Crippen molar-refractivity contribution in [2.45, 2.75) is 18.1 Å². The Morgan fingerprint density at radius 2 is 1.96 bits per heavy atom. The molecule has 0 amide bonds. The van der Waals surface area contributed by atoms with Gasteiger partial charge in [0.1, 0.15) is 5.75 Å². The van der Waals surface area contributed by atoms with Gasteiger partial charge in [-0.15, -0.1) is 6.58 Å². The summed E-state index contributed by atoms with van der Waals surface area (Å²) in [5.74, 6) is 1.70. The van der Waals surface area contributed by atoms with E-state index in [0.29, 0.717) is 11.9 Å². The second-order valence-corrected chi connectivity index (χ2v) is 6.62. The lowest BCUT2D eigenvalue weighted by atomic mass is 10.2. The summed E-state index contributed by atoms with van der Waals surface area (Å²) in [6.45, 7) is 4.21. The number of benzene rings is 2. The lowest BCUT2D eigenvalue weighted by Gasteiger charge is -2.11. The van der Waals surface area contributed by atoms with Crippen LogP contribution in [0.3, 0.4) is 0 Å². The highest BCUT2D eigenvalue weighted by molar-refractivity contribution is 7.99. The third kappa shape index (κ3) is 3.94. The zero-order valence-electron chi connectivity index (χ0n) is 14.1. The molecule has 0 bridgehead atoms. The number of allylic oxidation sites excluding steroid dienone is 1. The number of thioether (sulfide) groups is 1. The van der Waals surface area contributed by atoms with Crippen molar-refractivity contribution in [3.63, 3.8) is 0 Å². The van der Waals surface area contributed by atoms with Crippen molar-refractivity contribution >= 4 is 22.7 Å². The smallest absolute Gasteiger partial charge is 0.262 e. The largest absolute Gasteiger partial charge is 0.497 e. The summed E-state index contributed by atoms with van der Waals surface area (Å²) in [5, 5.41) is 1.38. The van der Waals surface area contributed by atoms with E-state index in [9.17, 15) is 4.79 Å². The second-order valence-electron chi connectivity index (χ2n) is 5.56. The molecule has 1 heterocycles. The Balaban J connectivity index is 1.80. The second kappa shape index (κ2) is 8.03. The average Bonchev–Trinajstić information content (AvgIpc) is 2.65. The van der Waals surface area contributed by atoms with E-state index < -0.39 is 0 Å². The number of hydrogen-bond donors (Lipinski definition) is 0. The molecular formula is C20H20N2O2S. The number of aromatic nitrogens is 2. The molecule has 4 nitrogen and oxygen atoms in total. The predicted molar refractivity (Wildman–Crippen MR) is 104 cm³/mol. The van der Waals surface area contributed by atoms with E-state index in [1.54, 1.807) is 29.5 Å². The van der Waals surface area contributed by atoms with Crippen LogP contribution in [-0.4, -0.2) is 22.4 Å². The van der Waals surface area contributed by atoms with E-state index in [0.717, 1.165) is 28.6 Å². The van der Waals surface area contributed by atoms with Gasteiger partial charge in [0, 0.05) is 12.3 Å². The summed E-state index contributed by atoms with van der Waals surface area (Å²) in [6, 6.07) is 15.5. The van der Waals surface area contributed by atoms with Gasteiger partial charge in [0.2, 0.25) is 0 Å². The summed E-state index contributed by atoms with van der Waals surface area (Å²) < 4.78 is 6.87. The first-order chi connectivity index (χ1) is 12.2. The van der Waals surface area contributed by atoms with Crippen LogP contribution < -0.4 is 10.3 Å². The quantitative estimate of drug-likeness (QED) is 0.367. The SMILES string of the molecule is C=CCn1c(SCCc2ccc(OC)cc2)nc2ccccc2c1=O. The van der Waals surface area contributed by atoms with Crippen LogP contribution in [0.5, 0.6) is 5.75 Å². The normalized spacial score (nSPS) is 10.8. The first-order valence-corrected chi connectivity index (χ1v) is 9.07. The monoisotopic (exact) mass is 352 g/mol. The van der Waals surface area contributed by atoms with E-state index in [1.165, 1.54) is 5.56 Å². The summed E-state index contributed by atoms with van der Waals surface area (Å²) in [4.78, 5) is 17.4. The van der Waals surface area contributed by atoms with Crippen LogP contribution in [0.4, 0.5) is 0 Å². The number of aryl methyl sites for hydroxylation is 1. The molecule has 0 aliphatic carbocycles. The minimum Gasteiger partial charge on any atom is -0.497 e. The van der Waals surface area contributed by atoms with Gasteiger partial charge in [-0.3, -0.25) is 9.36 Å². The van der Waals surface area contributed by atoms with Crippen LogP contribution in [0.15, 0.2) is 71.1 Å². The Morgan fingerprint density at radius 1 is 1.20 bits per heavy atom. The van der Waals surface area contributed by atoms with Crippen LogP contribution in [0, 0.1) is 0 Å². The molecule has 0 aliphatic heterocycles. The summed E-state index contributed by atoms with van der Waals surface area (Å²) >= 11 is 1.59. The molecule has 128 valence electrons. The molecule has 0 spiro atoms. The van der Waals surface area contributed by atoms with E-state index in [1.807, 2.05) is 36.4 Å². The molecule has 0 unspecified atom stereocenters. The number of fused-ring (bicyclic) bond motifs is 1. The highest BCUT2D eigenvalue weighted by Crippen LogP contribution is 2.20. The molecule has 0 atom stereocenters. The standard InChI is InChI=1S/C20H20N2O2S/c1-3-13-22-19(23)17-6-4-5-7-18(17)21-20(22)25-14-12-15-8-10-16(24-2)11-9-15/h3-11H,1,12-14H2,2H3. The molecule has 0 N–H and O–H groups in total. The Bertz CT molecular complexity index is 933. The van der Waals surface area contributed by atoms with Crippen molar-refractivity contribution in [2.24, 2.45) is 0 Å². The highest BCUT2D eigenvalue weighted by Gasteiger charge is 2.10. The first-order valence-electron chi connectivity index (χ1n) is 8.09. The van der Waals surface area contributed by atoms with E-state index in [-0.39, 0.29) is 5.56 Å². The van der Waals surface area contributed by atoms with Crippen molar-refractivity contribution in [3.8, 4) is 5.75 Å². The number of rotatable bonds is 7. The van der Waals surface area contributed by atoms with Gasteiger partial charge in [0.25, 0.3) is 5.56 Å². The predicted octanol–water partition coefficient (Wildman–Crippen LogP) is 3.93. The molecule has 3 aromatic rings. The van der Waals surface area contributed by atoms with Crippen LogP contribution >= 0.6 is 11.8 Å². The number of para-hydroxylation sites is 1. The summed E-state index contributed by atoms with van der Waals surface area (Å²) in [6.07, 6.45) is 2.62. The Hall–Kier alpha value is -2.53. The van der Waals surface area contributed by atoms with E-state index in [2.05, 4.69) is 23.7 Å². The number of nitrogens with zero attached hydrogens (tertiary/aromatic N) is 2. The van der Waals surface area contributed by atoms with Crippen LogP contribution in [0.2, 0.25) is 0 Å². The van der Waals surface area contributed by atoms with Gasteiger partial charge in [0.05, 0.1) is 18.0 Å². The first kappa shape index (κ1) is 17.3. The van der Waals surface area contributed by atoms with Crippen LogP contribution in [-0.2, 0) is 13.0 Å². The van der Waals surface area contributed by atoms with E-state index in [4.69, 9.17) is 4.74 Å². The Morgan fingerprint density at radius 3 is 2.68 bits per heavy atom. The maximum Gasteiger partial charge on any atom is 0.262 e. The number of methoxy groups -OCH3 is 1. The van der Waals surface area contributed by atoms with Crippen molar-refractivity contribution in [3.05, 3.63) is 77.1 Å². The van der Waals surface area contributed by atoms with Crippen LogP contribution in [0.25, 0.3) is 10.9 Å². The fourth-order valence-electron chi connectivity index (χ4n) is 2.60. The van der Waals surface area contributed by atoms with Crippen molar-refractivity contribution in [1.82, 2.24) is 9.55 Å². The van der Waals surface area contributed by atoms with Gasteiger partial charge < -0.3 is 4.74 Å². The maximum absolute atomic E-state index is 12.7. The third-order valence-electron chi connectivity index (χ3n) is 3.92.